The maximum Gasteiger partial charge on any atom is 0.0951 e. The fourth-order valence-electron chi connectivity index (χ4n) is 1.64. The van der Waals surface area contributed by atoms with Crippen LogP contribution in [-0.4, -0.2) is 19.3 Å². The van der Waals surface area contributed by atoms with Gasteiger partial charge in [-0.2, -0.15) is 5.10 Å². The minimum atomic E-state index is 0.443. The second-order valence-corrected chi connectivity index (χ2v) is 4.02. The summed E-state index contributed by atoms with van der Waals surface area (Å²) in [6.07, 6.45) is 5.60. The van der Waals surface area contributed by atoms with Crippen molar-refractivity contribution in [3.63, 3.8) is 0 Å². The molecule has 2 aromatic heterocycles. The molecule has 0 aromatic carbocycles. The van der Waals surface area contributed by atoms with E-state index in [9.17, 15) is 0 Å². The lowest BCUT2D eigenvalue weighted by Gasteiger charge is -2.12. The lowest BCUT2D eigenvalue weighted by molar-refractivity contribution is 0.544. The average Bonchev–Trinajstić information content (AvgIpc) is 2.77. The highest BCUT2D eigenvalue weighted by atomic mass is 15.3. The first-order valence-electron chi connectivity index (χ1n) is 5.17. The summed E-state index contributed by atoms with van der Waals surface area (Å²) in [7, 11) is 0. The Balaban J connectivity index is 2.25. The van der Waals surface area contributed by atoms with E-state index in [4.69, 9.17) is 0 Å². The maximum atomic E-state index is 4.27. The molecule has 0 aliphatic rings. The Bertz CT molecular complexity index is 439. The van der Waals surface area contributed by atoms with Gasteiger partial charge in [0.1, 0.15) is 0 Å². The van der Waals surface area contributed by atoms with Gasteiger partial charge in [0.15, 0.2) is 0 Å². The first kappa shape index (κ1) is 9.96. The summed E-state index contributed by atoms with van der Waals surface area (Å²) in [5, 5.41) is 4.27. The van der Waals surface area contributed by atoms with Crippen LogP contribution < -0.4 is 0 Å². The van der Waals surface area contributed by atoms with Crippen molar-refractivity contribution in [2.24, 2.45) is 0 Å². The predicted molar refractivity (Wildman–Crippen MR) is 58.7 cm³/mol. The smallest absolute Gasteiger partial charge is 0.0951 e. The number of aryl methyl sites for hydroxylation is 1. The first-order chi connectivity index (χ1) is 7.18. The molecule has 80 valence electrons. The van der Waals surface area contributed by atoms with Gasteiger partial charge in [0, 0.05) is 17.9 Å². The highest BCUT2D eigenvalue weighted by Crippen LogP contribution is 2.10. The Labute approximate surface area is 89.6 Å². The molecule has 0 aliphatic heterocycles. The van der Waals surface area contributed by atoms with E-state index < -0.39 is 0 Å². The van der Waals surface area contributed by atoms with Crippen LogP contribution in [0.15, 0.2) is 24.8 Å². The molecule has 0 atom stereocenters. The molecule has 15 heavy (non-hydrogen) atoms. The van der Waals surface area contributed by atoms with Crippen LogP contribution in [0.2, 0.25) is 0 Å². The summed E-state index contributed by atoms with van der Waals surface area (Å²) in [4.78, 5) is 4.18. The second-order valence-electron chi connectivity index (χ2n) is 4.02. The Morgan fingerprint density at radius 1 is 1.40 bits per heavy atom. The summed E-state index contributed by atoms with van der Waals surface area (Å²) in [6.45, 7) is 7.16. The molecular formula is C11H16N4. The maximum absolute atomic E-state index is 4.27. The van der Waals surface area contributed by atoms with E-state index in [2.05, 4.69) is 35.4 Å². The monoisotopic (exact) mass is 204 g/mol. The van der Waals surface area contributed by atoms with Gasteiger partial charge in [0.05, 0.1) is 24.8 Å². The molecular weight excluding hydrogens is 188 g/mol. The Morgan fingerprint density at radius 2 is 2.20 bits per heavy atom. The van der Waals surface area contributed by atoms with Crippen LogP contribution >= 0.6 is 0 Å². The number of hydrogen-bond donors (Lipinski definition) is 0. The molecule has 0 fully saturated rings. The molecule has 0 radical (unpaired) electrons. The van der Waals surface area contributed by atoms with Crippen LogP contribution in [-0.2, 0) is 6.54 Å². The van der Waals surface area contributed by atoms with E-state index in [1.807, 2.05) is 29.5 Å². The highest BCUT2D eigenvalue weighted by Gasteiger charge is 2.06. The van der Waals surface area contributed by atoms with Gasteiger partial charge < -0.3 is 4.57 Å². The van der Waals surface area contributed by atoms with Crippen molar-refractivity contribution in [3.8, 4) is 0 Å². The van der Waals surface area contributed by atoms with Crippen LogP contribution in [0.4, 0.5) is 0 Å². The molecule has 4 heteroatoms. The van der Waals surface area contributed by atoms with Crippen molar-refractivity contribution in [2.45, 2.75) is 33.4 Å². The molecule has 2 heterocycles. The molecule has 0 aliphatic carbocycles. The molecule has 0 spiro atoms. The number of rotatable bonds is 3. The van der Waals surface area contributed by atoms with Gasteiger partial charge >= 0.3 is 0 Å². The summed E-state index contributed by atoms with van der Waals surface area (Å²) >= 11 is 0. The normalized spacial score (nSPS) is 11.2. The summed E-state index contributed by atoms with van der Waals surface area (Å²) in [5.74, 6) is 0. The quantitative estimate of drug-likeness (QED) is 0.766. The van der Waals surface area contributed by atoms with Gasteiger partial charge in [-0.3, -0.25) is 4.68 Å². The number of aromatic nitrogens is 4. The van der Waals surface area contributed by atoms with Gasteiger partial charge in [0.25, 0.3) is 0 Å². The summed E-state index contributed by atoms with van der Waals surface area (Å²) in [6, 6.07) is 2.45. The van der Waals surface area contributed by atoms with Crippen molar-refractivity contribution in [3.05, 3.63) is 36.2 Å². The third kappa shape index (κ3) is 1.93. The molecule has 2 rings (SSSR count). The van der Waals surface area contributed by atoms with E-state index >= 15 is 0 Å². The van der Waals surface area contributed by atoms with Gasteiger partial charge in [-0.15, -0.1) is 0 Å². The third-order valence-electron chi connectivity index (χ3n) is 2.54. The van der Waals surface area contributed by atoms with E-state index in [0.717, 1.165) is 6.54 Å². The average molecular weight is 204 g/mol. The van der Waals surface area contributed by atoms with E-state index in [1.54, 1.807) is 0 Å². The topological polar surface area (TPSA) is 35.6 Å². The second kappa shape index (κ2) is 3.88. The first-order valence-corrected chi connectivity index (χ1v) is 5.17. The molecule has 2 aromatic rings. The van der Waals surface area contributed by atoms with Gasteiger partial charge in [-0.25, -0.2) is 4.98 Å². The fraction of sp³-hybridized carbons (Fsp3) is 0.455. The molecule has 0 unspecified atom stereocenters. The van der Waals surface area contributed by atoms with Crippen molar-refractivity contribution >= 4 is 0 Å². The molecule has 0 N–H and O–H groups in total. The van der Waals surface area contributed by atoms with Gasteiger partial charge in [-0.1, -0.05) is 0 Å². The largest absolute Gasteiger partial charge is 0.330 e. The molecule has 0 amide bonds. The van der Waals surface area contributed by atoms with Crippen molar-refractivity contribution in [2.75, 3.05) is 0 Å². The van der Waals surface area contributed by atoms with Gasteiger partial charge in [-0.05, 0) is 26.8 Å². The third-order valence-corrected chi connectivity index (χ3v) is 2.54. The Hall–Kier alpha value is -1.58. The highest BCUT2D eigenvalue weighted by molar-refractivity contribution is 5.04. The lowest BCUT2D eigenvalue weighted by Crippen LogP contribution is -2.10. The molecule has 0 bridgehead atoms. The minimum Gasteiger partial charge on any atom is -0.330 e. The Morgan fingerprint density at radius 3 is 2.80 bits per heavy atom. The lowest BCUT2D eigenvalue weighted by atomic mass is 10.3. The zero-order valence-electron chi connectivity index (χ0n) is 9.38. The zero-order chi connectivity index (χ0) is 10.8. The van der Waals surface area contributed by atoms with Gasteiger partial charge in [0.2, 0.25) is 0 Å². The molecule has 4 nitrogen and oxygen atoms in total. The van der Waals surface area contributed by atoms with Crippen molar-refractivity contribution in [1.82, 2.24) is 19.3 Å². The van der Waals surface area contributed by atoms with Crippen LogP contribution in [0.25, 0.3) is 0 Å². The van der Waals surface area contributed by atoms with Crippen LogP contribution in [0.1, 0.15) is 31.3 Å². The Kier molecular flexibility index (Phi) is 2.58. The minimum absolute atomic E-state index is 0.443. The van der Waals surface area contributed by atoms with E-state index in [0.29, 0.717) is 6.04 Å². The van der Waals surface area contributed by atoms with Crippen LogP contribution in [0.3, 0.4) is 0 Å². The predicted octanol–water partition coefficient (Wildman–Crippen LogP) is 2.02. The van der Waals surface area contributed by atoms with Crippen molar-refractivity contribution < 1.29 is 0 Å². The molecule has 0 saturated heterocycles. The number of hydrogen-bond acceptors (Lipinski definition) is 2. The standard InChI is InChI=1S/C11H16N4/c1-9(2)14-8-12-6-11(14)7-15-10(3)4-5-13-15/h4-6,8-9H,7H2,1-3H3. The fourth-order valence-corrected chi connectivity index (χ4v) is 1.64. The van der Waals surface area contributed by atoms with E-state index in [-0.39, 0.29) is 0 Å². The number of nitrogens with zero attached hydrogens (tertiary/aromatic N) is 4. The van der Waals surface area contributed by atoms with Crippen LogP contribution in [0, 0.1) is 6.92 Å². The van der Waals surface area contributed by atoms with E-state index in [1.165, 1.54) is 11.4 Å². The SMILES string of the molecule is Cc1ccnn1Cc1cncn1C(C)C. The molecule has 0 saturated carbocycles. The van der Waals surface area contributed by atoms with Crippen molar-refractivity contribution in [1.29, 1.82) is 0 Å². The van der Waals surface area contributed by atoms with Crippen LogP contribution in [0.5, 0.6) is 0 Å². The zero-order valence-corrected chi connectivity index (χ0v) is 9.38. The summed E-state index contributed by atoms with van der Waals surface area (Å²) < 4.78 is 4.15. The summed E-state index contributed by atoms with van der Waals surface area (Å²) in [5.41, 5.74) is 2.36. The number of imidazole rings is 1.